The summed E-state index contributed by atoms with van der Waals surface area (Å²) in [5.74, 6) is 0.274. The molecule has 2 heterocycles. The Balaban J connectivity index is 1.62. The van der Waals surface area contributed by atoms with Gasteiger partial charge < -0.3 is 9.67 Å². The third-order valence-corrected chi connectivity index (χ3v) is 5.99. The lowest BCUT2D eigenvalue weighted by Gasteiger charge is -2.29. The molecule has 5 rings (SSSR count). The van der Waals surface area contributed by atoms with Crippen molar-refractivity contribution in [3.05, 3.63) is 101 Å². The molecule has 0 atom stereocenters. The lowest BCUT2D eigenvalue weighted by molar-refractivity contribution is 0.102. The molecule has 0 spiro atoms. The number of tetrazole rings is 1. The van der Waals surface area contributed by atoms with Crippen LogP contribution in [0.1, 0.15) is 41.2 Å². The summed E-state index contributed by atoms with van der Waals surface area (Å²) in [6, 6.07) is 24.2. The number of aliphatic hydroxyl groups is 1. The largest absolute Gasteiger partial charge is 0.373 e. The number of anilines is 1. The van der Waals surface area contributed by atoms with Crippen LogP contribution in [0.25, 0.3) is 11.0 Å². The van der Waals surface area contributed by atoms with Gasteiger partial charge in [-0.25, -0.2) is 4.98 Å². The molecule has 1 amide bonds. The molecular weight excluding hydrogens is 442 g/mol. The van der Waals surface area contributed by atoms with E-state index in [-0.39, 0.29) is 11.9 Å². The SMILES string of the molecule is CCn1nnc(NC(=O)c2ccc3nc(C(O)(c4ccccc4)c4ccccc4)n(CC)c3c2)n1. The van der Waals surface area contributed by atoms with Crippen LogP contribution >= 0.6 is 0 Å². The average molecular weight is 468 g/mol. The number of nitrogens with zero attached hydrogens (tertiary/aromatic N) is 6. The Morgan fingerprint density at radius 2 is 1.60 bits per heavy atom. The predicted molar refractivity (Wildman–Crippen MR) is 132 cm³/mol. The van der Waals surface area contributed by atoms with E-state index in [1.807, 2.05) is 79.1 Å². The number of benzene rings is 3. The van der Waals surface area contributed by atoms with Gasteiger partial charge in [0.15, 0.2) is 11.4 Å². The minimum Gasteiger partial charge on any atom is -0.373 e. The van der Waals surface area contributed by atoms with Crippen molar-refractivity contribution in [3.63, 3.8) is 0 Å². The first-order valence-corrected chi connectivity index (χ1v) is 11.5. The maximum atomic E-state index is 12.9. The van der Waals surface area contributed by atoms with Crippen molar-refractivity contribution in [1.29, 1.82) is 0 Å². The highest BCUT2D eigenvalue weighted by molar-refractivity contribution is 6.05. The molecule has 0 aliphatic heterocycles. The lowest BCUT2D eigenvalue weighted by atomic mass is 9.85. The zero-order valence-corrected chi connectivity index (χ0v) is 19.5. The number of rotatable bonds is 7. The fourth-order valence-electron chi connectivity index (χ4n) is 4.24. The zero-order valence-electron chi connectivity index (χ0n) is 19.5. The summed E-state index contributed by atoms with van der Waals surface area (Å²) in [4.78, 5) is 19.1. The first-order valence-electron chi connectivity index (χ1n) is 11.5. The molecule has 0 unspecified atom stereocenters. The van der Waals surface area contributed by atoms with Crippen LogP contribution in [0.5, 0.6) is 0 Å². The topological polar surface area (TPSA) is 111 Å². The van der Waals surface area contributed by atoms with E-state index >= 15 is 0 Å². The van der Waals surface area contributed by atoms with Crippen LogP contribution in [0, 0.1) is 0 Å². The van der Waals surface area contributed by atoms with E-state index in [0.717, 1.165) is 5.52 Å². The fourth-order valence-corrected chi connectivity index (χ4v) is 4.24. The Labute approximate surface area is 202 Å². The Morgan fingerprint density at radius 3 is 2.17 bits per heavy atom. The van der Waals surface area contributed by atoms with Crippen molar-refractivity contribution >= 4 is 22.9 Å². The first-order chi connectivity index (χ1) is 17.0. The smallest absolute Gasteiger partial charge is 0.270 e. The van der Waals surface area contributed by atoms with Crippen molar-refractivity contribution in [2.45, 2.75) is 32.5 Å². The van der Waals surface area contributed by atoms with E-state index in [9.17, 15) is 9.90 Å². The van der Waals surface area contributed by atoms with Crippen molar-refractivity contribution in [2.75, 3.05) is 5.32 Å². The molecule has 0 fully saturated rings. The monoisotopic (exact) mass is 467 g/mol. The number of fused-ring (bicyclic) bond motifs is 1. The molecule has 0 aliphatic carbocycles. The number of amides is 1. The second-order valence-corrected chi connectivity index (χ2v) is 8.08. The van der Waals surface area contributed by atoms with Gasteiger partial charge in [0.1, 0.15) is 0 Å². The average Bonchev–Trinajstić information content (AvgIpc) is 3.53. The van der Waals surface area contributed by atoms with Gasteiger partial charge in [-0.2, -0.15) is 4.80 Å². The van der Waals surface area contributed by atoms with Crippen LogP contribution in [0.4, 0.5) is 5.95 Å². The second kappa shape index (κ2) is 9.11. The summed E-state index contributed by atoms with van der Waals surface area (Å²) in [5, 5.41) is 26.8. The zero-order chi connectivity index (χ0) is 24.4. The van der Waals surface area contributed by atoms with Gasteiger partial charge in [-0.05, 0) is 48.4 Å². The van der Waals surface area contributed by atoms with Gasteiger partial charge in [-0.3, -0.25) is 10.1 Å². The third-order valence-electron chi connectivity index (χ3n) is 5.99. The fraction of sp³-hybridized carbons (Fsp3) is 0.192. The van der Waals surface area contributed by atoms with Crippen LogP contribution < -0.4 is 5.32 Å². The molecule has 3 aromatic carbocycles. The summed E-state index contributed by atoms with van der Waals surface area (Å²) in [6.07, 6.45) is 0. The standard InChI is InChI=1S/C26H25N7O2/c1-3-32-22-17-18(23(34)28-25-29-31-33(4-2)30-25)15-16-21(22)27-24(32)26(35,19-11-7-5-8-12-19)20-13-9-6-10-14-20/h5-17,35H,3-4H2,1-2H3,(H,28,30,34). The number of hydrogen-bond donors (Lipinski definition) is 2. The quantitative estimate of drug-likeness (QED) is 0.378. The summed E-state index contributed by atoms with van der Waals surface area (Å²) < 4.78 is 1.94. The van der Waals surface area contributed by atoms with Crippen molar-refractivity contribution in [2.24, 2.45) is 0 Å². The summed E-state index contributed by atoms with van der Waals surface area (Å²) in [7, 11) is 0. The molecule has 2 N–H and O–H groups in total. The molecule has 0 saturated carbocycles. The predicted octanol–water partition coefficient (Wildman–Crippen LogP) is 3.60. The van der Waals surface area contributed by atoms with Gasteiger partial charge in [-0.1, -0.05) is 65.8 Å². The lowest BCUT2D eigenvalue weighted by Crippen LogP contribution is -2.32. The number of imidazole rings is 1. The van der Waals surface area contributed by atoms with E-state index in [2.05, 4.69) is 20.7 Å². The molecule has 0 saturated heterocycles. The normalized spacial score (nSPS) is 11.6. The molecule has 9 nitrogen and oxygen atoms in total. The van der Waals surface area contributed by atoms with Crippen LogP contribution in [0.3, 0.4) is 0 Å². The Bertz CT molecular complexity index is 1440. The molecular formula is C26H25N7O2. The molecule has 5 aromatic rings. The maximum Gasteiger partial charge on any atom is 0.270 e. The van der Waals surface area contributed by atoms with Gasteiger partial charge in [0.05, 0.1) is 17.6 Å². The van der Waals surface area contributed by atoms with Gasteiger partial charge in [0.25, 0.3) is 11.9 Å². The molecule has 0 aliphatic rings. The van der Waals surface area contributed by atoms with Crippen LogP contribution in [0.2, 0.25) is 0 Å². The van der Waals surface area contributed by atoms with E-state index in [1.54, 1.807) is 18.2 Å². The van der Waals surface area contributed by atoms with Crippen LogP contribution in [0.15, 0.2) is 78.9 Å². The number of hydrogen-bond acceptors (Lipinski definition) is 6. The molecule has 2 aromatic heterocycles. The molecule has 0 bridgehead atoms. The summed E-state index contributed by atoms with van der Waals surface area (Å²) >= 11 is 0. The molecule has 0 radical (unpaired) electrons. The van der Waals surface area contributed by atoms with Gasteiger partial charge in [0, 0.05) is 12.1 Å². The van der Waals surface area contributed by atoms with Gasteiger partial charge in [0.2, 0.25) is 0 Å². The van der Waals surface area contributed by atoms with E-state index in [1.165, 1.54) is 4.80 Å². The Kier molecular flexibility index (Phi) is 5.84. The number of nitrogens with one attached hydrogen (secondary N) is 1. The highest BCUT2D eigenvalue weighted by Crippen LogP contribution is 2.37. The second-order valence-electron chi connectivity index (χ2n) is 8.08. The Hall–Kier alpha value is -4.37. The minimum atomic E-state index is -1.48. The summed E-state index contributed by atoms with van der Waals surface area (Å²) in [5.41, 5.74) is 1.78. The molecule has 35 heavy (non-hydrogen) atoms. The van der Waals surface area contributed by atoms with Gasteiger partial charge >= 0.3 is 0 Å². The number of carbonyl (C=O) groups is 1. The molecule has 176 valence electrons. The van der Waals surface area contributed by atoms with Crippen LogP contribution in [-0.4, -0.2) is 40.8 Å². The summed E-state index contributed by atoms with van der Waals surface area (Å²) in [6.45, 7) is 4.97. The van der Waals surface area contributed by atoms with Gasteiger partial charge in [-0.15, -0.1) is 5.10 Å². The first kappa shape index (κ1) is 22.4. The van der Waals surface area contributed by atoms with Crippen LogP contribution in [-0.2, 0) is 18.7 Å². The van der Waals surface area contributed by atoms with E-state index < -0.39 is 5.60 Å². The van der Waals surface area contributed by atoms with Crippen molar-refractivity contribution < 1.29 is 9.90 Å². The van der Waals surface area contributed by atoms with E-state index in [4.69, 9.17) is 4.98 Å². The highest BCUT2D eigenvalue weighted by Gasteiger charge is 2.38. The van der Waals surface area contributed by atoms with Crippen molar-refractivity contribution in [1.82, 2.24) is 29.8 Å². The number of carbonyl (C=O) groups excluding carboxylic acids is 1. The van der Waals surface area contributed by atoms with E-state index in [0.29, 0.717) is 41.1 Å². The third kappa shape index (κ3) is 3.95. The Morgan fingerprint density at radius 1 is 0.943 bits per heavy atom. The maximum absolute atomic E-state index is 12.9. The minimum absolute atomic E-state index is 0.143. The highest BCUT2D eigenvalue weighted by atomic mass is 16.3. The molecule has 9 heteroatoms. The number of aromatic nitrogens is 6. The number of aryl methyl sites for hydroxylation is 2. The van der Waals surface area contributed by atoms with Crippen molar-refractivity contribution in [3.8, 4) is 0 Å².